The molecule has 3 heterocycles. The topological polar surface area (TPSA) is 94.0 Å². The molecule has 1 N–H and O–H groups in total. The minimum atomic E-state index is -3.07. The van der Waals surface area contributed by atoms with Crippen LogP contribution in [-0.4, -0.2) is 40.6 Å². The van der Waals surface area contributed by atoms with Gasteiger partial charge in [0.05, 0.1) is 35.0 Å². The molecule has 1 amide bonds. The van der Waals surface area contributed by atoms with Crippen LogP contribution in [0.5, 0.6) is 0 Å². The standard InChI is InChI=1S/C15H18N4O3S/c1-10-7-11(2)19(18-10)14-4-3-13(8-16-14)17-15(20)12-5-6-23(21,22)9-12/h3-4,7-8,12H,5-6,9H2,1-2H3,(H,17,20)/t12-/m1/s1. The van der Waals surface area contributed by atoms with Gasteiger partial charge in [0.2, 0.25) is 5.91 Å². The average molecular weight is 334 g/mol. The highest BCUT2D eigenvalue weighted by Gasteiger charge is 2.32. The van der Waals surface area contributed by atoms with Crippen LogP contribution in [0.1, 0.15) is 17.8 Å². The van der Waals surface area contributed by atoms with Gasteiger partial charge in [-0.05, 0) is 38.5 Å². The van der Waals surface area contributed by atoms with Crippen molar-refractivity contribution in [3.8, 4) is 5.82 Å². The molecule has 0 bridgehead atoms. The lowest BCUT2D eigenvalue weighted by Gasteiger charge is -2.10. The Morgan fingerprint density at radius 2 is 2.13 bits per heavy atom. The third kappa shape index (κ3) is 3.42. The molecular formula is C15H18N4O3S. The second-order valence-electron chi connectivity index (χ2n) is 5.83. The number of nitrogens with one attached hydrogen (secondary N) is 1. The summed E-state index contributed by atoms with van der Waals surface area (Å²) >= 11 is 0. The van der Waals surface area contributed by atoms with Crippen molar-refractivity contribution in [2.75, 3.05) is 16.8 Å². The summed E-state index contributed by atoms with van der Waals surface area (Å²) in [4.78, 5) is 16.4. The zero-order chi connectivity index (χ0) is 16.6. The van der Waals surface area contributed by atoms with E-state index in [1.54, 1.807) is 23.0 Å². The van der Waals surface area contributed by atoms with Crippen LogP contribution in [0.2, 0.25) is 0 Å². The smallest absolute Gasteiger partial charge is 0.228 e. The molecule has 8 heteroatoms. The quantitative estimate of drug-likeness (QED) is 0.912. The number of nitrogens with zero attached hydrogens (tertiary/aromatic N) is 3. The highest BCUT2D eigenvalue weighted by Crippen LogP contribution is 2.20. The normalized spacial score (nSPS) is 19.7. The van der Waals surface area contributed by atoms with E-state index >= 15 is 0 Å². The summed E-state index contributed by atoms with van der Waals surface area (Å²) < 4.78 is 24.6. The molecule has 1 aliphatic heterocycles. The molecule has 0 saturated carbocycles. The maximum Gasteiger partial charge on any atom is 0.228 e. The Morgan fingerprint density at radius 1 is 1.35 bits per heavy atom. The van der Waals surface area contributed by atoms with Gasteiger partial charge in [-0.25, -0.2) is 18.1 Å². The van der Waals surface area contributed by atoms with Crippen LogP contribution in [0.3, 0.4) is 0 Å². The minimum absolute atomic E-state index is 0.0733. The largest absolute Gasteiger partial charge is 0.324 e. The number of hydrogen-bond acceptors (Lipinski definition) is 5. The third-order valence-electron chi connectivity index (χ3n) is 3.85. The fourth-order valence-electron chi connectivity index (χ4n) is 2.69. The van der Waals surface area contributed by atoms with Gasteiger partial charge in [-0.3, -0.25) is 4.79 Å². The zero-order valence-corrected chi connectivity index (χ0v) is 13.8. The van der Waals surface area contributed by atoms with Gasteiger partial charge in [-0.15, -0.1) is 0 Å². The van der Waals surface area contributed by atoms with Gasteiger partial charge >= 0.3 is 0 Å². The van der Waals surface area contributed by atoms with Gasteiger partial charge in [0.15, 0.2) is 15.7 Å². The number of pyridine rings is 1. The van der Waals surface area contributed by atoms with E-state index in [0.717, 1.165) is 11.4 Å². The van der Waals surface area contributed by atoms with Gasteiger partial charge in [0, 0.05) is 5.69 Å². The predicted molar refractivity (Wildman–Crippen MR) is 86.2 cm³/mol. The van der Waals surface area contributed by atoms with Crippen LogP contribution in [0.15, 0.2) is 24.4 Å². The number of aromatic nitrogens is 3. The molecular weight excluding hydrogens is 316 g/mol. The van der Waals surface area contributed by atoms with Crippen LogP contribution >= 0.6 is 0 Å². The van der Waals surface area contributed by atoms with E-state index in [-0.39, 0.29) is 17.4 Å². The monoisotopic (exact) mass is 334 g/mol. The first-order valence-corrected chi connectivity index (χ1v) is 9.17. The molecule has 1 fully saturated rings. The second-order valence-corrected chi connectivity index (χ2v) is 8.06. The predicted octanol–water partition coefficient (Wildman–Crippen LogP) is 1.26. The number of hydrogen-bond donors (Lipinski definition) is 1. The van der Waals surface area contributed by atoms with Crippen molar-refractivity contribution in [2.24, 2.45) is 5.92 Å². The number of aryl methyl sites for hydroxylation is 2. The number of amides is 1. The SMILES string of the molecule is Cc1cc(C)n(-c2ccc(NC(=O)[C@@H]3CCS(=O)(=O)C3)cn2)n1. The molecule has 0 aliphatic carbocycles. The van der Waals surface area contributed by atoms with Gasteiger partial charge in [0.1, 0.15) is 0 Å². The second kappa shape index (κ2) is 5.77. The fourth-order valence-corrected chi connectivity index (χ4v) is 4.43. The van der Waals surface area contributed by atoms with Gasteiger partial charge in [-0.1, -0.05) is 0 Å². The zero-order valence-electron chi connectivity index (χ0n) is 13.0. The van der Waals surface area contributed by atoms with Gasteiger partial charge in [0.25, 0.3) is 0 Å². The first-order valence-electron chi connectivity index (χ1n) is 7.35. The fraction of sp³-hybridized carbons (Fsp3) is 0.400. The number of anilines is 1. The van der Waals surface area contributed by atoms with E-state index in [2.05, 4.69) is 15.4 Å². The highest BCUT2D eigenvalue weighted by molar-refractivity contribution is 7.91. The Balaban J connectivity index is 1.71. The molecule has 0 radical (unpaired) electrons. The Hall–Kier alpha value is -2.22. The van der Waals surface area contributed by atoms with Crippen molar-refractivity contribution >= 4 is 21.4 Å². The number of carbonyl (C=O) groups excluding carboxylic acids is 1. The molecule has 0 unspecified atom stereocenters. The molecule has 3 rings (SSSR count). The summed E-state index contributed by atoms with van der Waals surface area (Å²) in [6, 6.07) is 5.46. The summed E-state index contributed by atoms with van der Waals surface area (Å²) in [6.07, 6.45) is 1.93. The Labute approximate surface area is 134 Å². The van der Waals surface area contributed by atoms with Gasteiger partial charge < -0.3 is 5.32 Å². The molecule has 0 spiro atoms. The van der Waals surface area contributed by atoms with E-state index in [1.165, 1.54) is 0 Å². The molecule has 122 valence electrons. The average Bonchev–Trinajstić information content (AvgIpc) is 3.01. The van der Waals surface area contributed by atoms with Crippen molar-refractivity contribution in [3.05, 3.63) is 35.8 Å². The lowest BCUT2D eigenvalue weighted by Crippen LogP contribution is -2.23. The van der Waals surface area contributed by atoms with Gasteiger partial charge in [-0.2, -0.15) is 5.10 Å². The summed E-state index contributed by atoms with van der Waals surface area (Å²) in [5.74, 6) is -0.0736. The van der Waals surface area contributed by atoms with E-state index in [1.807, 2.05) is 19.9 Å². The summed E-state index contributed by atoms with van der Waals surface area (Å²) in [5, 5.41) is 7.07. The first kappa shape index (κ1) is 15.7. The maximum atomic E-state index is 12.1. The van der Waals surface area contributed by atoms with Crippen LogP contribution in [-0.2, 0) is 14.6 Å². The summed E-state index contributed by atoms with van der Waals surface area (Å²) in [5.41, 5.74) is 2.43. The number of carbonyl (C=O) groups is 1. The van der Waals surface area contributed by atoms with Crippen molar-refractivity contribution in [1.82, 2.24) is 14.8 Å². The van der Waals surface area contributed by atoms with E-state index in [0.29, 0.717) is 17.9 Å². The van der Waals surface area contributed by atoms with Crippen LogP contribution in [0, 0.1) is 19.8 Å². The molecule has 2 aromatic rings. The Morgan fingerprint density at radius 3 is 2.65 bits per heavy atom. The molecule has 1 aliphatic rings. The van der Waals surface area contributed by atoms with Crippen LogP contribution < -0.4 is 5.32 Å². The third-order valence-corrected chi connectivity index (χ3v) is 5.61. The van der Waals surface area contributed by atoms with Crippen molar-refractivity contribution < 1.29 is 13.2 Å². The van der Waals surface area contributed by atoms with E-state index in [4.69, 9.17) is 0 Å². The maximum absolute atomic E-state index is 12.1. The van der Waals surface area contributed by atoms with E-state index < -0.39 is 15.8 Å². The lowest BCUT2D eigenvalue weighted by molar-refractivity contribution is -0.119. The number of rotatable bonds is 3. The Bertz CT molecular complexity index is 840. The molecule has 7 nitrogen and oxygen atoms in total. The van der Waals surface area contributed by atoms with E-state index in [9.17, 15) is 13.2 Å². The molecule has 0 aromatic carbocycles. The number of sulfone groups is 1. The molecule has 23 heavy (non-hydrogen) atoms. The highest BCUT2D eigenvalue weighted by atomic mass is 32.2. The molecule has 1 saturated heterocycles. The molecule has 1 atom stereocenters. The summed E-state index contributed by atoms with van der Waals surface area (Å²) in [7, 11) is -3.07. The Kier molecular flexibility index (Phi) is 3.93. The summed E-state index contributed by atoms with van der Waals surface area (Å²) in [6.45, 7) is 3.85. The minimum Gasteiger partial charge on any atom is -0.324 e. The lowest BCUT2D eigenvalue weighted by atomic mass is 10.1. The van der Waals surface area contributed by atoms with Crippen LogP contribution in [0.4, 0.5) is 5.69 Å². The van der Waals surface area contributed by atoms with Crippen molar-refractivity contribution in [3.63, 3.8) is 0 Å². The van der Waals surface area contributed by atoms with Crippen molar-refractivity contribution in [2.45, 2.75) is 20.3 Å². The van der Waals surface area contributed by atoms with Crippen LogP contribution in [0.25, 0.3) is 5.82 Å². The molecule has 2 aromatic heterocycles. The van der Waals surface area contributed by atoms with Crippen molar-refractivity contribution in [1.29, 1.82) is 0 Å². The first-order chi connectivity index (χ1) is 10.8.